The smallest absolute Gasteiger partial charge is 0.277 e. The van der Waals surface area contributed by atoms with Crippen LogP contribution in [0.25, 0.3) is 0 Å². The molecule has 8 N–H and O–H groups in total. The fourth-order valence-electron chi connectivity index (χ4n) is 2.39. The van der Waals surface area contributed by atoms with Gasteiger partial charge in [0.1, 0.15) is 18.1 Å². The molecule has 3 rings (SSSR count). The van der Waals surface area contributed by atoms with E-state index in [0.717, 1.165) is 0 Å². The molecule has 0 aromatic carbocycles. The van der Waals surface area contributed by atoms with Gasteiger partial charge in [-0.1, -0.05) is 0 Å². The van der Waals surface area contributed by atoms with Gasteiger partial charge in [0.2, 0.25) is 5.91 Å². The number of anilines is 1. The summed E-state index contributed by atoms with van der Waals surface area (Å²) in [6.07, 6.45) is -0.362. The summed E-state index contributed by atoms with van der Waals surface area (Å²) in [7, 11) is 0. The second-order valence-electron chi connectivity index (χ2n) is 4.91. The molecule has 10 nitrogen and oxygen atoms in total. The summed E-state index contributed by atoms with van der Waals surface area (Å²) in [6, 6.07) is 0. The summed E-state index contributed by atoms with van der Waals surface area (Å²) < 4.78 is 7.04. The molecule has 0 bridgehead atoms. The lowest BCUT2D eigenvalue weighted by molar-refractivity contribution is -0.0438. The first-order valence-electron chi connectivity index (χ1n) is 6.11. The number of nitrogens with zero attached hydrogens (tertiary/aromatic N) is 2. The Morgan fingerprint density at radius 2 is 2.30 bits per heavy atom. The number of aliphatic hydroxyl groups is 2. The van der Waals surface area contributed by atoms with Crippen LogP contribution in [0.15, 0.2) is 6.33 Å². The Balaban J connectivity index is 1.92. The highest BCUT2D eigenvalue weighted by molar-refractivity contribution is 5.99. The minimum absolute atomic E-state index is 0.141. The van der Waals surface area contributed by atoms with Crippen LogP contribution in [-0.4, -0.2) is 50.4 Å². The number of hydrogen-bond acceptors (Lipinski definition) is 8. The van der Waals surface area contributed by atoms with Crippen molar-refractivity contribution in [3.05, 3.63) is 12.0 Å². The third-order valence-corrected chi connectivity index (χ3v) is 3.35. The van der Waals surface area contributed by atoms with E-state index in [9.17, 15) is 9.90 Å². The minimum Gasteiger partial charge on any atom is -0.394 e. The van der Waals surface area contributed by atoms with E-state index < -0.39 is 30.3 Å². The second-order valence-corrected chi connectivity index (χ2v) is 4.91. The standard InChI is InChI=1S/C10H16N6O4/c11-10(12)14-8-7(9(19)15-10)13-3-16(8)6-1-4(18)5(2-17)20-6/h3-6,14,17-18H,1-2,11-12H2,(H,15,19)/t4-,5+,6+/m0/s1. The maximum atomic E-state index is 11.8. The molecule has 1 amide bonds. The van der Waals surface area contributed by atoms with E-state index in [0.29, 0.717) is 5.82 Å². The molecule has 0 unspecified atom stereocenters. The third kappa shape index (κ3) is 2.03. The Labute approximate surface area is 113 Å². The second kappa shape index (κ2) is 4.40. The van der Waals surface area contributed by atoms with Gasteiger partial charge in [0.15, 0.2) is 5.69 Å². The molecule has 0 saturated carbocycles. The van der Waals surface area contributed by atoms with Crippen LogP contribution in [0.5, 0.6) is 0 Å². The molecule has 0 radical (unpaired) electrons. The first kappa shape index (κ1) is 13.3. The van der Waals surface area contributed by atoms with Crippen molar-refractivity contribution in [2.75, 3.05) is 11.9 Å². The van der Waals surface area contributed by atoms with E-state index in [1.165, 1.54) is 10.9 Å². The van der Waals surface area contributed by atoms with E-state index in [-0.39, 0.29) is 18.7 Å². The number of nitrogens with one attached hydrogen (secondary N) is 2. The van der Waals surface area contributed by atoms with E-state index in [1.807, 2.05) is 0 Å². The average Bonchev–Trinajstić information content (AvgIpc) is 2.91. The molecule has 3 atom stereocenters. The van der Waals surface area contributed by atoms with Crippen LogP contribution < -0.4 is 22.1 Å². The maximum Gasteiger partial charge on any atom is 0.277 e. The van der Waals surface area contributed by atoms with Gasteiger partial charge in [0.05, 0.1) is 19.0 Å². The van der Waals surface area contributed by atoms with Crippen LogP contribution in [-0.2, 0) is 4.74 Å². The van der Waals surface area contributed by atoms with Crippen molar-refractivity contribution in [2.24, 2.45) is 11.5 Å². The summed E-state index contributed by atoms with van der Waals surface area (Å²) in [5.74, 6) is -1.77. The quantitative estimate of drug-likeness (QED) is 0.318. The Morgan fingerprint density at radius 3 is 2.95 bits per heavy atom. The molecule has 3 heterocycles. The van der Waals surface area contributed by atoms with Crippen molar-refractivity contribution >= 4 is 11.7 Å². The van der Waals surface area contributed by atoms with Crippen LogP contribution >= 0.6 is 0 Å². The Bertz CT molecular complexity index is 544. The van der Waals surface area contributed by atoms with Crippen molar-refractivity contribution in [1.82, 2.24) is 14.9 Å². The van der Waals surface area contributed by atoms with Gasteiger partial charge >= 0.3 is 0 Å². The van der Waals surface area contributed by atoms with Crippen LogP contribution in [0.4, 0.5) is 5.82 Å². The number of ether oxygens (including phenoxy) is 1. The van der Waals surface area contributed by atoms with E-state index in [4.69, 9.17) is 21.3 Å². The Kier molecular flexibility index (Phi) is 2.92. The molecular weight excluding hydrogens is 268 g/mol. The number of rotatable bonds is 2. The van der Waals surface area contributed by atoms with Crippen molar-refractivity contribution in [3.8, 4) is 0 Å². The highest BCUT2D eigenvalue weighted by Crippen LogP contribution is 2.33. The largest absolute Gasteiger partial charge is 0.394 e. The molecule has 1 saturated heterocycles. The molecule has 2 aliphatic heterocycles. The molecule has 110 valence electrons. The van der Waals surface area contributed by atoms with Crippen LogP contribution in [0.1, 0.15) is 23.1 Å². The summed E-state index contributed by atoms with van der Waals surface area (Å²) in [6.45, 7) is -0.291. The van der Waals surface area contributed by atoms with Gasteiger partial charge in [-0.05, 0) is 0 Å². The fraction of sp³-hybridized carbons (Fsp3) is 0.600. The number of nitrogens with two attached hydrogens (primary N) is 2. The molecule has 1 aromatic heterocycles. The molecule has 10 heteroatoms. The molecule has 1 fully saturated rings. The fourth-order valence-corrected chi connectivity index (χ4v) is 2.39. The summed E-state index contributed by atoms with van der Waals surface area (Å²) in [5.41, 5.74) is 11.4. The number of carbonyl (C=O) groups is 1. The number of imidazole rings is 1. The monoisotopic (exact) mass is 284 g/mol. The highest BCUT2D eigenvalue weighted by Gasteiger charge is 2.39. The van der Waals surface area contributed by atoms with Gasteiger partial charge in [-0.15, -0.1) is 0 Å². The predicted octanol–water partition coefficient (Wildman–Crippen LogP) is -2.79. The van der Waals surface area contributed by atoms with Crippen LogP contribution in [0.3, 0.4) is 0 Å². The van der Waals surface area contributed by atoms with Crippen molar-refractivity contribution in [3.63, 3.8) is 0 Å². The number of amides is 1. The van der Waals surface area contributed by atoms with E-state index >= 15 is 0 Å². The molecule has 1 aromatic rings. The zero-order valence-corrected chi connectivity index (χ0v) is 10.5. The van der Waals surface area contributed by atoms with Gasteiger partial charge in [-0.3, -0.25) is 20.8 Å². The summed E-state index contributed by atoms with van der Waals surface area (Å²) >= 11 is 0. The van der Waals surface area contributed by atoms with E-state index in [1.54, 1.807) is 0 Å². The van der Waals surface area contributed by atoms with Gasteiger partial charge in [0.25, 0.3) is 5.91 Å². The van der Waals surface area contributed by atoms with Gasteiger partial charge in [-0.25, -0.2) is 4.98 Å². The van der Waals surface area contributed by atoms with Crippen molar-refractivity contribution in [2.45, 2.75) is 30.8 Å². The number of hydrogen-bond donors (Lipinski definition) is 6. The van der Waals surface area contributed by atoms with Crippen LogP contribution in [0.2, 0.25) is 0 Å². The first-order chi connectivity index (χ1) is 9.41. The highest BCUT2D eigenvalue weighted by atomic mass is 16.5. The van der Waals surface area contributed by atoms with E-state index in [2.05, 4.69) is 15.6 Å². The zero-order chi connectivity index (χ0) is 14.5. The minimum atomic E-state index is -1.59. The number of aromatic nitrogens is 2. The third-order valence-electron chi connectivity index (χ3n) is 3.35. The average molecular weight is 284 g/mol. The Morgan fingerprint density at radius 1 is 1.55 bits per heavy atom. The summed E-state index contributed by atoms with van der Waals surface area (Å²) in [4.78, 5) is 15.8. The van der Waals surface area contributed by atoms with Gasteiger partial charge in [-0.2, -0.15) is 0 Å². The predicted molar refractivity (Wildman–Crippen MR) is 66.0 cm³/mol. The molecule has 20 heavy (non-hydrogen) atoms. The van der Waals surface area contributed by atoms with Gasteiger partial charge < -0.3 is 25.6 Å². The van der Waals surface area contributed by atoms with Crippen molar-refractivity contribution in [1.29, 1.82) is 0 Å². The lowest BCUT2D eigenvalue weighted by Gasteiger charge is -2.32. The zero-order valence-electron chi connectivity index (χ0n) is 10.5. The van der Waals surface area contributed by atoms with Crippen LogP contribution in [0, 0.1) is 0 Å². The molecule has 0 aliphatic carbocycles. The maximum absolute atomic E-state index is 11.8. The normalized spacial score (nSPS) is 31.6. The van der Waals surface area contributed by atoms with Crippen molar-refractivity contribution < 1.29 is 19.7 Å². The topological polar surface area (TPSA) is 161 Å². The molecular formula is C10H16N6O4. The lowest BCUT2D eigenvalue weighted by Crippen LogP contribution is -2.70. The summed E-state index contributed by atoms with van der Waals surface area (Å²) in [5, 5.41) is 23.9. The lowest BCUT2D eigenvalue weighted by atomic mass is 10.2. The number of aliphatic hydroxyl groups excluding tert-OH is 2. The molecule has 0 spiro atoms. The SMILES string of the molecule is NC1(N)NC(=O)c2ncn([C@H]3C[C@H](O)[C@@H](CO)O3)c2N1. The molecule has 2 aliphatic rings. The number of carbonyl (C=O) groups excluding carboxylic acids is 1. The first-order valence-corrected chi connectivity index (χ1v) is 6.11. The van der Waals surface area contributed by atoms with Gasteiger partial charge in [0, 0.05) is 6.42 Å². The Hall–Kier alpha value is -1.72. The number of fused-ring (bicyclic) bond motifs is 1.